The molecule has 2 heterocycles. The first-order valence-electron chi connectivity index (χ1n) is 9.66. The van der Waals surface area contributed by atoms with E-state index < -0.39 is 12.0 Å². The molecule has 3 aromatic rings. The molecular formula is C21H22ClN5O3. The predicted molar refractivity (Wildman–Crippen MR) is 114 cm³/mol. The molecule has 8 nitrogen and oxygen atoms in total. The molecule has 3 N–H and O–H groups in total. The molecule has 156 valence electrons. The van der Waals surface area contributed by atoms with Gasteiger partial charge in [-0.05, 0) is 55.8 Å². The fraction of sp³-hybridized carbons (Fsp3) is 0.286. The zero-order valence-corrected chi connectivity index (χ0v) is 17.3. The van der Waals surface area contributed by atoms with Crippen LogP contribution in [0.4, 0.5) is 11.6 Å². The van der Waals surface area contributed by atoms with Crippen LogP contribution in [0.15, 0.2) is 48.8 Å². The third-order valence-corrected chi connectivity index (χ3v) is 5.36. The quantitative estimate of drug-likeness (QED) is 0.574. The molecule has 0 spiro atoms. The number of ether oxygens (including phenoxy) is 1. The molecule has 4 rings (SSSR count). The molecule has 1 amide bonds. The van der Waals surface area contributed by atoms with Crippen LogP contribution in [0.25, 0.3) is 0 Å². The van der Waals surface area contributed by atoms with E-state index in [1.807, 2.05) is 13.8 Å². The van der Waals surface area contributed by atoms with Crippen LogP contribution in [0.3, 0.4) is 0 Å². The monoisotopic (exact) mass is 427 g/mol. The lowest BCUT2D eigenvalue weighted by Gasteiger charge is -2.37. The Morgan fingerprint density at radius 1 is 1.30 bits per heavy atom. The molecule has 30 heavy (non-hydrogen) atoms. The van der Waals surface area contributed by atoms with E-state index in [1.165, 1.54) is 6.33 Å². The second kappa shape index (κ2) is 8.23. The second-order valence-corrected chi connectivity index (χ2v) is 7.52. The highest BCUT2D eigenvalue weighted by atomic mass is 35.5. The van der Waals surface area contributed by atoms with Gasteiger partial charge in [-0.25, -0.2) is 4.68 Å². The Morgan fingerprint density at radius 2 is 2.07 bits per heavy atom. The number of carbonyl (C=O) groups excluding carboxylic acids is 1. The van der Waals surface area contributed by atoms with Crippen molar-refractivity contribution in [2.75, 3.05) is 17.2 Å². The summed E-state index contributed by atoms with van der Waals surface area (Å²) in [5, 5.41) is 21.2. The number of hydrogen-bond acceptors (Lipinski definition) is 6. The highest BCUT2D eigenvalue weighted by molar-refractivity contribution is 6.30. The first-order chi connectivity index (χ1) is 14.5. The zero-order chi connectivity index (χ0) is 21.3. The number of halogens is 1. The number of benzene rings is 2. The number of hydrogen-bond donors (Lipinski definition) is 3. The Bertz CT molecular complexity index is 1050. The molecule has 0 aliphatic carbocycles. The molecule has 0 bridgehead atoms. The lowest BCUT2D eigenvalue weighted by Crippen LogP contribution is -2.46. The summed E-state index contributed by atoms with van der Waals surface area (Å²) in [7, 11) is 0. The number of aromatic nitrogens is 3. The van der Waals surface area contributed by atoms with Crippen molar-refractivity contribution in [2.45, 2.75) is 25.9 Å². The van der Waals surface area contributed by atoms with E-state index in [0.717, 1.165) is 5.56 Å². The normalized spacial score (nSPS) is 20.2. The van der Waals surface area contributed by atoms with Crippen molar-refractivity contribution in [1.29, 1.82) is 0 Å². The lowest BCUT2D eigenvalue weighted by atomic mass is 9.85. The van der Waals surface area contributed by atoms with Gasteiger partial charge in [-0.15, -0.1) is 0 Å². The number of nitrogens with zero attached hydrogens (tertiary/aromatic N) is 3. The topological polar surface area (TPSA) is 101 Å². The number of amides is 1. The number of anilines is 2. The van der Waals surface area contributed by atoms with Gasteiger partial charge in [0.05, 0.1) is 18.6 Å². The first kappa shape index (κ1) is 20.0. The van der Waals surface area contributed by atoms with Crippen LogP contribution in [-0.2, 0) is 4.79 Å². The van der Waals surface area contributed by atoms with Crippen molar-refractivity contribution in [3.05, 3.63) is 59.4 Å². The molecule has 0 fully saturated rings. The Labute approximate surface area is 178 Å². The van der Waals surface area contributed by atoms with Crippen LogP contribution < -0.4 is 15.4 Å². The third-order valence-electron chi connectivity index (χ3n) is 5.11. The summed E-state index contributed by atoms with van der Waals surface area (Å²) in [6, 6.07) is 11.4. The Balaban J connectivity index is 1.73. The van der Waals surface area contributed by atoms with Crippen molar-refractivity contribution < 1.29 is 14.6 Å². The van der Waals surface area contributed by atoms with Gasteiger partial charge in [-0.3, -0.25) is 4.79 Å². The first-order valence-corrected chi connectivity index (χ1v) is 10.0. The van der Waals surface area contributed by atoms with E-state index in [2.05, 4.69) is 20.7 Å². The Morgan fingerprint density at radius 3 is 2.80 bits per heavy atom. The number of fused-ring (bicyclic) bond motifs is 1. The van der Waals surface area contributed by atoms with Gasteiger partial charge < -0.3 is 20.5 Å². The number of nitrogens with one attached hydrogen (secondary N) is 2. The molecule has 9 heteroatoms. The van der Waals surface area contributed by atoms with Crippen LogP contribution in [0.2, 0.25) is 5.02 Å². The van der Waals surface area contributed by atoms with Gasteiger partial charge in [-0.2, -0.15) is 10.1 Å². The number of rotatable bonds is 5. The minimum Gasteiger partial charge on any atom is -0.504 e. The predicted octanol–water partition coefficient (Wildman–Crippen LogP) is 3.69. The smallest absolute Gasteiger partial charge is 0.232 e. The van der Waals surface area contributed by atoms with Gasteiger partial charge in [0, 0.05) is 16.8 Å². The number of phenols is 1. The van der Waals surface area contributed by atoms with E-state index in [9.17, 15) is 9.90 Å². The van der Waals surface area contributed by atoms with Crippen LogP contribution in [0.1, 0.15) is 25.5 Å². The average Bonchev–Trinajstić information content (AvgIpc) is 3.18. The van der Waals surface area contributed by atoms with E-state index >= 15 is 0 Å². The fourth-order valence-electron chi connectivity index (χ4n) is 3.74. The second-order valence-electron chi connectivity index (χ2n) is 7.09. The van der Waals surface area contributed by atoms with Gasteiger partial charge in [0.15, 0.2) is 11.5 Å². The molecule has 0 radical (unpaired) electrons. The summed E-state index contributed by atoms with van der Waals surface area (Å²) >= 11 is 5.95. The summed E-state index contributed by atoms with van der Waals surface area (Å²) in [5.41, 5.74) is 1.44. The molecule has 1 aliphatic rings. The summed E-state index contributed by atoms with van der Waals surface area (Å²) in [6.07, 6.45) is 1.45. The molecule has 2 aromatic carbocycles. The molecule has 0 saturated heterocycles. The number of aromatic hydroxyl groups is 1. The lowest BCUT2D eigenvalue weighted by molar-refractivity contribution is -0.121. The van der Waals surface area contributed by atoms with Gasteiger partial charge >= 0.3 is 0 Å². The molecular weight excluding hydrogens is 406 g/mol. The third kappa shape index (κ3) is 3.78. The van der Waals surface area contributed by atoms with Crippen LogP contribution in [-0.4, -0.2) is 38.4 Å². The van der Waals surface area contributed by atoms with Crippen molar-refractivity contribution in [3.8, 4) is 11.5 Å². The largest absolute Gasteiger partial charge is 0.504 e. The molecule has 3 unspecified atom stereocenters. The van der Waals surface area contributed by atoms with Crippen LogP contribution in [0.5, 0.6) is 11.5 Å². The molecule has 3 atom stereocenters. The van der Waals surface area contributed by atoms with Crippen molar-refractivity contribution >= 4 is 29.1 Å². The minimum absolute atomic E-state index is 0.0450. The number of carbonyl (C=O) groups is 1. The Hall–Kier alpha value is -3.26. The molecule has 0 saturated carbocycles. The standard InChI is InChI=1S/C21H22ClN5O3/c1-3-30-17-10-13(4-9-16(17)28)19-18(12(2)25-21-23-11-24-27(19)21)20(29)26-15-7-5-14(22)6-8-15/h4-12,18-19,28H,3H2,1-2H3,(H,26,29)(H,23,24,25). The highest BCUT2D eigenvalue weighted by Gasteiger charge is 2.41. The van der Waals surface area contributed by atoms with Crippen molar-refractivity contribution in [3.63, 3.8) is 0 Å². The van der Waals surface area contributed by atoms with Crippen molar-refractivity contribution in [1.82, 2.24) is 14.8 Å². The van der Waals surface area contributed by atoms with Crippen molar-refractivity contribution in [2.24, 2.45) is 5.92 Å². The fourth-order valence-corrected chi connectivity index (χ4v) is 3.87. The summed E-state index contributed by atoms with van der Waals surface area (Å²) in [4.78, 5) is 17.6. The Kier molecular flexibility index (Phi) is 5.50. The van der Waals surface area contributed by atoms with E-state index in [4.69, 9.17) is 16.3 Å². The summed E-state index contributed by atoms with van der Waals surface area (Å²) < 4.78 is 7.23. The van der Waals surface area contributed by atoms with Gasteiger partial charge in [0.25, 0.3) is 0 Å². The highest BCUT2D eigenvalue weighted by Crippen LogP contribution is 2.39. The average molecular weight is 428 g/mol. The van der Waals surface area contributed by atoms with Gasteiger partial charge in [0.2, 0.25) is 11.9 Å². The van der Waals surface area contributed by atoms with E-state index in [1.54, 1.807) is 47.1 Å². The zero-order valence-electron chi connectivity index (χ0n) is 16.5. The van der Waals surface area contributed by atoms with Crippen LogP contribution >= 0.6 is 11.6 Å². The van der Waals surface area contributed by atoms with E-state index in [-0.39, 0.29) is 17.7 Å². The number of phenolic OH excluding ortho intramolecular Hbond substituents is 1. The summed E-state index contributed by atoms with van der Waals surface area (Å²) in [6.45, 7) is 4.19. The maximum Gasteiger partial charge on any atom is 0.232 e. The maximum absolute atomic E-state index is 13.3. The molecule has 1 aromatic heterocycles. The van der Waals surface area contributed by atoms with Gasteiger partial charge in [0.1, 0.15) is 6.33 Å². The maximum atomic E-state index is 13.3. The van der Waals surface area contributed by atoms with E-state index in [0.29, 0.717) is 29.0 Å². The SMILES string of the molecule is CCOc1cc(C2C(C(=O)Nc3ccc(Cl)cc3)C(C)Nc3ncnn32)ccc1O. The van der Waals surface area contributed by atoms with Crippen LogP contribution in [0, 0.1) is 5.92 Å². The van der Waals surface area contributed by atoms with Gasteiger partial charge in [-0.1, -0.05) is 17.7 Å². The molecule has 1 aliphatic heterocycles. The summed E-state index contributed by atoms with van der Waals surface area (Å²) in [5.74, 6) is 0.306. The minimum atomic E-state index is -0.506.